The Hall–Kier alpha value is -3.84. The maximum atomic E-state index is 13.2. The fourth-order valence-corrected chi connectivity index (χ4v) is 6.60. The molecule has 12 heteroatoms. The normalized spacial score (nSPS) is 23.9. The molecule has 12 nitrogen and oxygen atoms in total. The summed E-state index contributed by atoms with van der Waals surface area (Å²) in [6.45, 7) is 1.35. The van der Waals surface area contributed by atoms with Gasteiger partial charge in [-0.1, -0.05) is 25.7 Å². The first-order valence-electron chi connectivity index (χ1n) is 16.7. The number of nitrogens with one attached hydrogen (secondary N) is 2. The SMILES string of the molecule is COc1ccc(C(=O)C2(O)CCCCC2C(=O)NCCOCCOCCNC(=O)C2CCCCC2(O)C(=O)c2ccc(OC)cc2)cc1. The van der Waals surface area contributed by atoms with E-state index in [1.54, 1.807) is 48.5 Å². The molecule has 2 saturated carbocycles. The third-order valence-corrected chi connectivity index (χ3v) is 9.34. The van der Waals surface area contributed by atoms with Crippen LogP contribution in [0.4, 0.5) is 0 Å². The molecule has 2 fully saturated rings. The van der Waals surface area contributed by atoms with E-state index in [1.807, 2.05) is 0 Å². The van der Waals surface area contributed by atoms with Gasteiger partial charge < -0.3 is 39.8 Å². The number of hydrogen-bond donors (Lipinski definition) is 4. The highest BCUT2D eigenvalue weighted by molar-refractivity contribution is 6.06. The van der Waals surface area contributed by atoms with Gasteiger partial charge in [-0.05, 0) is 74.2 Å². The Bertz CT molecular complexity index is 1280. The zero-order valence-electron chi connectivity index (χ0n) is 27.8. The minimum Gasteiger partial charge on any atom is -0.497 e. The van der Waals surface area contributed by atoms with Crippen molar-refractivity contribution in [2.24, 2.45) is 11.8 Å². The molecule has 0 spiro atoms. The first kappa shape index (κ1) is 37.0. The third kappa shape index (κ3) is 8.98. The summed E-state index contributed by atoms with van der Waals surface area (Å²) in [7, 11) is 3.06. The van der Waals surface area contributed by atoms with Gasteiger partial charge in [0.05, 0.1) is 52.5 Å². The van der Waals surface area contributed by atoms with Crippen LogP contribution in [0.5, 0.6) is 11.5 Å². The lowest BCUT2D eigenvalue weighted by Crippen LogP contribution is -2.54. The number of amides is 2. The summed E-state index contributed by atoms with van der Waals surface area (Å²) < 4.78 is 21.4. The number of Topliss-reactive ketones (excluding diaryl/α,β-unsaturated/α-hetero) is 2. The quantitative estimate of drug-likeness (QED) is 0.145. The molecule has 2 aromatic rings. The van der Waals surface area contributed by atoms with Crippen LogP contribution in [-0.4, -0.2) is 98.5 Å². The van der Waals surface area contributed by atoms with Crippen LogP contribution in [0.25, 0.3) is 0 Å². The second kappa shape index (κ2) is 17.5. The third-order valence-electron chi connectivity index (χ3n) is 9.34. The Balaban J connectivity index is 1.12. The van der Waals surface area contributed by atoms with Crippen molar-refractivity contribution in [3.8, 4) is 11.5 Å². The van der Waals surface area contributed by atoms with Crippen molar-refractivity contribution in [2.75, 3.05) is 53.7 Å². The number of hydrogen-bond acceptors (Lipinski definition) is 10. The van der Waals surface area contributed by atoms with Gasteiger partial charge in [0.1, 0.15) is 22.7 Å². The van der Waals surface area contributed by atoms with Crippen LogP contribution in [-0.2, 0) is 19.1 Å². The maximum absolute atomic E-state index is 13.2. The number of aliphatic hydroxyl groups is 2. The number of methoxy groups -OCH3 is 2. The fraction of sp³-hybridized carbons (Fsp3) is 0.556. The molecule has 0 saturated heterocycles. The summed E-state index contributed by atoms with van der Waals surface area (Å²) in [6.07, 6.45) is 4.05. The van der Waals surface area contributed by atoms with E-state index in [9.17, 15) is 29.4 Å². The van der Waals surface area contributed by atoms with Crippen molar-refractivity contribution in [3.63, 3.8) is 0 Å². The lowest BCUT2D eigenvalue weighted by Gasteiger charge is -2.37. The van der Waals surface area contributed by atoms with Crippen LogP contribution in [0.1, 0.15) is 72.1 Å². The second-order valence-electron chi connectivity index (χ2n) is 12.4. The van der Waals surface area contributed by atoms with Crippen molar-refractivity contribution in [2.45, 2.75) is 62.6 Å². The molecular formula is C36H48N2O10. The van der Waals surface area contributed by atoms with E-state index < -0.39 is 34.6 Å². The number of ketones is 2. The predicted octanol–water partition coefficient (Wildman–Crippen LogP) is 2.88. The smallest absolute Gasteiger partial charge is 0.226 e. The van der Waals surface area contributed by atoms with Crippen molar-refractivity contribution in [3.05, 3.63) is 59.7 Å². The average Bonchev–Trinajstić information content (AvgIpc) is 3.11. The van der Waals surface area contributed by atoms with Crippen molar-refractivity contribution < 1.29 is 48.3 Å². The molecule has 2 amide bonds. The molecule has 4 atom stereocenters. The lowest BCUT2D eigenvalue weighted by molar-refractivity contribution is -0.135. The minimum atomic E-state index is -1.78. The summed E-state index contributed by atoms with van der Waals surface area (Å²) in [5.74, 6) is -2.22. The van der Waals surface area contributed by atoms with E-state index in [-0.39, 0.29) is 64.2 Å². The maximum Gasteiger partial charge on any atom is 0.226 e. The first-order chi connectivity index (χ1) is 23.1. The molecule has 4 N–H and O–H groups in total. The zero-order chi connectivity index (χ0) is 34.6. The molecule has 0 aromatic heterocycles. The molecule has 4 unspecified atom stereocenters. The van der Waals surface area contributed by atoms with Crippen molar-refractivity contribution in [1.29, 1.82) is 0 Å². The summed E-state index contributed by atoms with van der Waals surface area (Å²) in [5, 5.41) is 28.3. The number of rotatable bonds is 17. The number of ether oxygens (including phenoxy) is 4. The Labute approximate surface area is 281 Å². The molecule has 0 heterocycles. The van der Waals surface area contributed by atoms with Gasteiger partial charge in [0, 0.05) is 24.2 Å². The van der Waals surface area contributed by atoms with Gasteiger partial charge in [0.2, 0.25) is 11.8 Å². The average molecular weight is 669 g/mol. The van der Waals surface area contributed by atoms with Crippen molar-refractivity contribution in [1.82, 2.24) is 10.6 Å². The monoisotopic (exact) mass is 668 g/mol. The van der Waals surface area contributed by atoms with Crippen molar-refractivity contribution >= 4 is 23.4 Å². The summed E-state index contributed by atoms with van der Waals surface area (Å²) in [5.41, 5.74) is -2.89. The Kier molecular flexibility index (Phi) is 13.5. The van der Waals surface area contributed by atoms with Gasteiger partial charge in [-0.2, -0.15) is 0 Å². The van der Waals surface area contributed by atoms with Crippen LogP contribution < -0.4 is 20.1 Å². The molecule has 2 aromatic carbocycles. The van der Waals surface area contributed by atoms with E-state index in [2.05, 4.69) is 10.6 Å². The summed E-state index contributed by atoms with van der Waals surface area (Å²) in [6, 6.07) is 13.0. The topological polar surface area (TPSA) is 170 Å². The number of benzene rings is 2. The van der Waals surface area contributed by atoms with E-state index in [0.717, 1.165) is 12.8 Å². The molecular weight excluding hydrogens is 620 g/mol. The minimum absolute atomic E-state index is 0.206. The molecule has 0 bridgehead atoms. The van der Waals surface area contributed by atoms with Gasteiger partial charge in [-0.3, -0.25) is 19.2 Å². The van der Waals surface area contributed by atoms with Crippen LogP contribution >= 0.6 is 0 Å². The molecule has 48 heavy (non-hydrogen) atoms. The summed E-state index contributed by atoms with van der Waals surface area (Å²) in [4.78, 5) is 52.5. The molecule has 2 aliphatic rings. The van der Waals surface area contributed by atoms with Crippen LogP contribution in [0.3, 0.4) is 0 Å². The molecule has 2 aliphatic carbocycles. The predicted molar refractivity (Wildman–Crippen MR) is 176 cm³/mol. The van der Waals surface area contributed by atoms with E-state index in [1.165, 1.54) is 14.2 Å². The largest absolute Gasteiger partial charge is 0.497 e. The van der Waals surface area contributed by atoms with Gasteiger partial charge in [-0.15, -0.1) is 0 Å². The fourth-order valence-electron chi connectivity index (χ4n) is 6.60. The molecule has 0 radical (unpaired) electrons. The van der Waals surface area contributed by atoms with E-state index in [0.29, 0.717) is 48.3 Å². The Morgan fingerprint density at radius 1 is 0.625 bits per heavy atom. The van der Waals surface area contributed by atoms with E-state index in [4.69, 9.17) is 18.9 Å². The highest BCUT2D eigenvalue weighted by Crippen LogP contribution is 2.38. The van der Waals surface area contributed by atoms with Gasteiger partial charge in [0.15, 0.2) is 11.6 Å². The highest BCUT2D eigenvalue weighted by Gasteiger charge is 2.50. The second-order valence-corrected chi connectivity index (χ2v) is 12.4. The first-order valence-corrected chi connectivity index (χ1v) is 16.7. The highest BCUT2D eigenvalue weighted by atomic mass is 16.5. The van der Waals surface area contributed by atoms with Gasteiger partial charge >= 0.3 is 0 Å². The number of carbonyl (C=O) groups is 4. The van der Waals surface area contributed by atoms with Gasteiger partial charge in [0.25, 0.3) is 0 Å². The van der Waals surface area contributed by atoms with Gasteiger partial charge in [-0.25, -0.2) is 0 Å². The lowest BCUT2D eigenvalue weighted by atomic mass is 9.71. The zero-order valence-corrected chi connectivity index (χ0v) is 27.8. The molecule has 0 aliphatic heterocycles. The Morgan fingerprint density at radius 3 is 1.35 bits per heavy atom. The Morgan fingerprint density at radius 2 is 1.00 bits per heavy atom. The standard InChI is InChI=1S/C36H48N2O10/c1-45-27-13-9-25(10-14-27)31(39)35(43)17-5-3-7-29(35)33(41)37-19-21-47-23-24-48-22-20-38-34(42)30-8-4-6-18-36(30,44)32(40)26-11-15-28(46-2)16-12-26/h9-16,29-30,43-44H,3-8,17-24H2,1-2H3,(H,37,41)(H,38,42). The van der Waals surface area contributed by atoms with Crippen LogP contribution in [0, 0.1) is 11.8 Å². The van der Waals surface area contributed by atoms with Crippen LogP contribution in [0.15, 0.2) is 48.5 Å². The van der Waals surface area contributed by atoms with E-state index >= 15 is 0 Å². The molecule has 262 valence electrons. The van der Waals surface area contributed by atoms with Crippen LogP contribution in [0.2, 0.25) is 0 Å². The number of carbonyl (C=O) groups excluding carboxylic acids is 4. The molecule has 4 rings (SSSR count). The summed E-state index contributed by atoms with van der Waals surface area (Å²) >= 11 is 0.